The number of allylic oxidation sites excluding steroid dienone is 1. The minimum Gasteiger partial charge on any atom is -0.508 e. The van der Waals surface area contributed by atoms with E-state index in [0.717, 1.165) is 5.56 Å². The highest BCUT2D eigenvalue weighted by atomic mass is 32.1. The first kappa shape index (κ1) is 12.5. The van der Waals surface area contributed by atoms with Crippen LogP contribution in [0.5, 0.6) is 5.75 Å². The van der Waals surface area contributed by atoms with Gasteiger partial charge in [-0.3, -0.25) is 4.57 Å². The number of benzene rings is 1. The van der Waals surface area contributed by atoms with E-state index in [9.17, 15) is 10.2 Å². The van der Waals surface area contributed by atoms with E-state index in [1.165, 1.54) is 4.68 Å². The van der Waals surface area contributed by atoms with Crippen LogP contribution in [0.25, 0.3) is 11.4 Å². The van der Waals surface area contributed by atoms with E-state index in [1.807, 2.05) is 0 Å². The second kappa shape index (κ2) is 5.16. The van der Waals surface area contributed by atoms with Crippen LogP contribution >= 0.6 is 12.2 Å². The molecule has 0 atom stereocenters. The first-order valence-electron chi connectivity index (χ1n) is 5.36. The molecule has 94 valence electrons. The summed E-state index contributed by atoms with van der Waals surface area (Å²) in [6, 6.07) is 6.64. The van der Waals surface area contributed by atoms with Gasteiger partial charge in [-0.2, -0.15) is 0 Å². The summed E-state index contributed by atoms with van der Waals surface area (Å²) < 4.78 is 3.53. The predicted octanol–water partition coefficient (Wildman–Crippen LogP) is 1.92. The summed E-state index contributed by atoms with van der Waals surface area (Å²) in [5.74, 6) is 0.822. The Labute approximate surface area is 109 Å². The number of phenols is 1. The fourth-order valence-electron chi connectivity index (χ4n) is 1.65. The number of nitrogens with zero attached hydrogens (tertiary/aromatic N) is 3. The average Bonchev–Trinajstić information content (AvgIpc) is 2.69. The van der Waals surface area contributed by atoms with Gasteiger partial charge in [-0.25, -0.2) is 4.68 Å². The maximum atomic E-state index is 9.27. The summed E-state index contributed by atoms with van der Waals surface area (Å²) in [6.45, 7) is 3.91. The lowest BCUT2D eigenvalue weighted by molar-refractivity contribution is 0.192. The number of phenolic OH excluding ortho intramolecular Hbond substituents is 1. The van der Waals surface area contributed by atoms with Gasteiger partial charge in [0, 0.05) is 12.1 Å². The molecule has 2 aromatic rings. The van der Waals surface area contributed by atoms with Crippen molar-refractivity contribution in [3.63, 3.8) is 0 Å². The van der Waals surface area contributed by atoms with Crippen molar-refractivity contribution in [2.45, 2.75) is 13.3 Å². The third-order valence-corrected chi connectivity index (χ3v) is 2.93. The predicted molar refractivity (Wildman–Crippen MR) is 70.6 cm³/mol. The highest BCUT2D eigenvalue weighted by Crippen LogP contribution is 2.21. The smallest absolute Gasteiger partial charge is 0.200 e. The summed E-state index contributed by atoms with van der Waals surface area (Å²) in [4.78, 5) is 0. The maximum Gasteiger partial charge on any atom is 0.200 e. The average molecular weight is 263 g/mol. The van der Waals surface area contributed by atoms with Crippen molar-refractivity contribution in [2.75, 3.05) is 0 Å². The minimum absolute atomic E-state index is 0.189. The van der Waals surface area contributed by atoms with Crippen LogP contribution in [0.4, 0.5) is 0 Å². The minimum atomic E-state index is -0.270. The first-order valence-corrected chi connectivity index (χ1v) is 5.77. The van der Waals surface area contributed by atoms with Crippen molar-refractivity contribution in [1.29, 1.82) is 0 Å². The molecule has 0 spiro atoms. The molecule has 2 rings (SSSR count). The molecule has 1 aromatic heterocycles. The van der Waals surface area contributed by atoms with Crippen molar-refractivity contribution in [3.05, 3.63) is 41.7 Å². The molecule has 0 amide bonds. The van der Waals surface area contributed by atoms with Crippen LogP contribution in [0, 0.1) is 4.77 Å². The van der Waals surface area contributed by atoms with E-state index in [0.29, 0.717) is 17.1 Å². The van der Waals surface area contributed by atoms with Gasteiger partial charge in [0.25, 0.3) is 0 Å². The molecule has 0 aliphatic rings. The van der Waals surface area contributed by atoms with Crippen LogP contribution in [-0.2, 0) is 13.3 Å². The zero-order valence-electron chi connectivity index (χ0n) is 9.65. The van der Waals surface area contributed by atoms with E-state index < -0.39 is 0 Å². The zero-order chi connectivity index (χ0) is 13.1. The van der Waals surface area contributed by atoms with Gasteiger partial charge in [-0.15, -0.1) is 11.7 Å². The van der Waals surface area contributed by atoms with Crippen LogP contribution in [0.2, 0.25) is 0 Å². The molecular weight excluding hydrogens is 250 g/mol. The number of hydrogen-bond acceptors (Lipinski definition) is 4. The topological polar surface area (TPSA) is 63.2 Å². The number of aromatic hydroxyl groups is 1. The monoisotopic (exact) mass is 263 g/mol. The van der Waals surface area contributed by atoms with E-state index >= 15 is 0 Å². The van der Waals surface area contributed by atoms with Gasteiger partial charge < -0.3 is 10.2 Å². The van der Waals surface area contributed by atoms with Gasteiger partial charge in [-0.1, -0.05) is 6.08 Å². The number of hydrogen-bond donors (Lipinski definition) is 2. The summed E-state index contributed by atoms with van der Waals surface area (Å²) >= 11 is 5.21. The molecule has 18 heavy (non-hydrogen) atoms. The number of aromatic nitrogens is 3. The molecule has 0 bridgehead atoms. The molecule has 0 aliphatic heterocycles. The summed E-state index contributed by atoms with van der Waals surface area (Å²) in [6.07, 6.45) is 1.71. The number of aliphatic hydroxyl groups is 1. The quantitative estimate of drug-likeness (QED) is 0.653. The Kier molecular flexibility index (Phi) is 3.59. The molecule has 1 heterocycles. The molecular formula is C12H13N3O2S. The van der Waals surface area contributed by atoms with Crippen molar-refractivity contribution in [1.82, 2.24) is 14.3 Å². The van der Waals surface area contributed by atoms with Gasteiger partial charge in [0.05, 0.1) is 0 Å². The Hall–Kier alpha value is -1.92. The standard InChI is InChI=1S/C12H13N3O2S/c1-2-7-14-11(13-15(8-16)12(14)18)9-3-5-10(17)6-4-9/h2-6,16-17H,1,7-8H2. The second-order valence-electron chi connectivity index (χ2n) is 3.69. The Morgan fingerprint density at radius 1 is 1.33 bits per heavy atom. The third kappa shape index (κ3) is 2.20. The third-order valence-electron chi connectivity index (χ3n) is 2.49. The summed E-state index contributed by atoms with van der Waals surface area (Å²) in [7, 11) is 0. The number of rotatable bonds is 4. The van der Waals surface area contributed by atoms with Crippen molar-refractivity contribution < 1.29 is 10.2 Å². The lowest BCUT2D eigenvalue weighted by Gasteiger charge is -2.03. The lowest BCUT2D eigenvalue weighted by atomic mass is 10.2. The summed E-state index contributed by atoms with van der Waals surface area (Å²) in [5.41, 5.74) is 0.813. The van der Waals surface area contributed by atoms with Crippen LogP contribution in [0.1, 0.15) is 0 Å². The largest absolute Gasteiger partial charge is 0.508 e. The Morgan fingerprint density at radius 2 is 2.00 bits per heavy atom. The molecule has 0 saturated carbocycles. The molecule has 0 radical (unpaired) electrons. The molecule has 0 unspecified atom stereocenters. The van der Waals surface area contributed by atoms with E-state index in [-0.39, 0.29) is 12.5 Å². The van der Waals surface area contributed by atoms with Crippen molar-refractivity contribution >= 4 is 12.2 Å². The Morgan fingerprint density at radius 3 is 2.56 bits per heavy atom. The van der Waals surface area contributed by atoms with Crippen LogP contribution in [0.15, 0.2) is 36.9 Å². The van der Waals surface area contributed by atoms with Gasteiger partial charge in [0.2, 0.25) is 4.77 Å². The molecule has 0 saturated heterocycles. The fourth-order valence-corrected chi connectivity index (χ4v) is 1.91. The molecule has 1 aromatic carbocycles. The second-order valence-corrected chi connectivity index (χ2v) is 4.06. The molecule has 0 fully saturated rings. The van der Waals surface area contributed by atoms with E-state index in [4.69, 9.17) is 12.2 Å². The van der Waals surface area contributed by atoms with E-state index in [1.54, 1.807) is 34.9 Å². The Bertz CT molecular complexity index is 613. The van der Waals surface area contributed by atoms with Gasteiger partial charge >= 0.3 is 0 Å². The van der Waals surface area contributed by atoms with Crippen molar-refractivity contribution in [2.24, 2.45) is 0 Å². The van der Waals surface area contributed by atoms with Crippen molar-refractivity contribution in [3.8, 4) is 17.1 Å². The molecule has 0 aliphatic carbocycles. The maximum absolute atomic E-state index is 9.27. The van der Waals surface area contributed by atoms with Crippen LogP contribution < -0.4 is 0 Å². The first-order chi connectivity index (χ1) is 8.67. The van der Waals surface area contributed by atoms with Gasteiger partial charge in [0.1, 0.15) is 12.5 Å². The lowest BCUT2D eigenvalue weighted by Crippen LogP contribution is -2.01. The molecule has 5 nitrogen and oxygen atoms in total. The van der Waals surface area contributed by atoms with Crippen LogP contribution in [0.3, 0.4) is 0 Å². The SMILES string of the molecule is C=CCn1c(-c2ccc(O)cc2)nn(CO)c1=S. The number of aliphatic hydroxyl groups excluding tert-OH is 1. The highest BCUT2D eigenvalue weighted by molar-refractivity contribution is 7.71. The van der Waals surface area contributed by atoms with Gasteiger partial charge in [0.15, 0.2) is 5.82 Å². The Balaban J connectivity index is 2.58. The van der Waals surface area contributed by atoms with Gasteiger partial charge in [-0.05, 0) is 36.5 Å². The highest BCUT2D eigenvalue weighted by Gasteiger charge is 2.11. The normalized spacial score (nSPS) is 10.5. The molecule has 2 N–H and O–H groups in total. The fraction of sp³-hybridized carbons (Fsp3) is 0.167. The zero-order valence-corrected chi connectivity index (χ0v) is 10.5. The van der Waals surface area contributed by atoms with Crippen LogP contribution in [-0.4, -0.2) is 24.6 Å². The molecule has 6 heteroatoms. The van der Waals surface area contributed by atoms with E-state index in [2.05, 4.69) is 11.7 Å². The summed E-state index contributed by atoms with van der Waals surface area (Å²) in [5, 5.41) is 22.7.